The monoisotopic (exact) mass is 387 g/mol. The molecule has 0 spiro atoms. The first-order valence-electron chi connectivity index (χ1n) is 8.19. The van der Waals surface area contributed by atoms with Crippen molar-refractivity contribution in [3.05, 3.63) is 64.1 Å². The van der Waals surface area contributed by atoms with Crippen LogP contribution in [0.25, 0.3) is 0 Å². The van der Waals surface area contributed by atoms with E-state index in [2.05, 4.69) is 52.0 Å². The van der Waals surface area contributed by atoms with E-state index in [0.29, 0.717) is 17.3 Å². The average Bonchev–Trinajstić information content (AvgIpc) is 2.62. The SMILES string of the molecule is CC(c1ccc(Br)cc1)N1CCN(C(=O)c2ccccc2N)CC1. The smallest absolute Gasteiger partial charge is 0.256 e. The summed E-state index contributed by atoms with van der Waals surface area (Å²) in [5.41, 5.74) is 8.38. The summed E-state index contributed by atoms with van der Waals surface area (Å²) in [5.74, 6) is 0.0315. The molecule has 2 N–H and O–H groups in total. The van der Waals surface area contributed by atoms with Crippen LogP contribution in [0.2, 0.25) is 0 Å². The van der Waals surface area contributed by atoms with E-state index in [1.54, 1.807) is 12.1 Å². The lowest BCUT2D eigenvalue weighted by molar-refractivity contribution is 0.0583. The number of carbonyl (C=O) groups excluding carboxylic acids is 1. The van der Waals surface area contributed by atoms with E-state index in [1.165, 1.54) is 5.56 Å². The standard InChI is InChI=1S/C19H22BrN3O/c1-14(15-6-8-16(20)9-7-15)22-10-12-23(13-11-22)19(24)17-4-2-3-5-18(17)21/h2-9,14H,10-13,21H2,1H3. The Morgan fingerprint density at radius 1 is 1.04 bits per heavy atom. The summed E-state index contributed by atoms with van der Waals surface area (Å²) >= 11 is 3.47. The molecule has 3 rings (SSSR count). The molecule has 4 nitrogen and oxygen atoms in total. The molecule has 0 radical (unpaired) electrons. The Balaban J connectivity index is 1.62. The lowest BCUT2D eigenvalue weighted by atomic mass is 10.1. The third-order valence-electron chi connectivity index (χ3n) is 4.69. The van der Waals surface area contributed by atoms with E-state index in [4.69, 9.17) is 5.73 Å². The van der Waals surface area contributed by atoms with Gasteiger partial charge in [0.15, 0.2) is 0 Å². The second-order valence-corrected chi connectivity index (χ2v) is 7.06. The Kier molecular flexibility index (Phi) is 5.21. The summed E-state index contributed by atoms with van der Waals surface area (Å²) in [6.07, 6.45) is 0. The molecule has 0 bridgehead atoms. The number of hydrogen-bond donors (Lipinski definition) is 1. The number of amides is 1. The maximum Gasteiger partial charge on any atom is 0.256 e. The number of hydrogen-bond acceptors (Lipinski definition) is 3. The number of benzene rings is 2. The highest BCUT2D eigenvalue weighted by Gasteiger charge is 2.26. The molecular formula is C19H22BrN3O. The van der Waals surface area contributed by atoms with Crippen LogP contribution >= 0.6 is 15.9 Å². The molecule has 1 amide bonds. The van der Waals surface area contributed by atoms with E-state index in [0.717, 1.165) is 30.7 Å². The fourth-order valence-corrected chi connectivity index (χ4v) is 3.39. The van der Waals surface area contributed by atoms with Crippen LogP contribution in [0.3, 0.4) is 0 Å². The van der Waals surface area contributed by atoms with Crippen molar-refractivity contribution in [2.45, 2.75) is 13.0 Å². The molecule has 1 fully saturated rings. The van der Waals surface area contributed by atoms with Crippen LogP contribution < -0.4 is 5.73 Å². The zero-order valence-electron chi connectivity index (χ0n) is 13.8. The molecule has 1 unspecified atom stereocenters. The molecule has 1 atom stereocenters. The van der Waals surface area contributed by atoms with Crippen LogP contribution in [0.5, 0.6) is 0 Å². The van der Waals surface area contributed by atoms with Gasteiger partial charge < -0.3 is 10.6 Å². The quantitative estimate of drug-likeness (QED) is 0.819. The minimum absolute atomic E-state index is 0.0315. The lowest BCUT2D eigenvalue weighted by Crippen LogP contribution is -2.49. The van der Waals surface area contributed by atoms with Crippen molar-refractivity contribution in [1.82, 2.24) is 9.80 Å². The fourth-order valence-electron chi connectivity index (χ4n) is 3.13. The number of para-hydroxylation sites is 1. The van der Waals surface area contributed by atoms with E-state index in [9.17, 15) is 4.79 Å². The van der Waals surface area contributed by atoms with Gasteiger partial charge in [-0.25, -0.2) is 0 Å². The molecule has 1 aliphatic rings. The summed E-state index contributed by atoms with van der Waals surface area (Å²) in [7, 11) is 0. The van der Waals surface area contributed by atoms with Crippen LogP contribution in [0.4, 0.5) is 5.69 Å². The number of piperazine rings is 1. The van der Waals surface area contributed by atoms with Gasteiger partial charge in [-0.3, -0.25) is 9.69 Å². The summed E-state index contributed by atoms with van der Waals surface area (Å²) in [6.45, 7) is 5.42. The van der Waals surface area contributed by atoms with Crippen LogP contribution in [-0.4, -0.2) is 41.9 Å². The molecule has 1 saturated heterocycles. The average molecular weight is 388 g/mol. The van der Waals surface area contributed by atoms with Gasteiger partial charge in [0.25, 0.3) is 5.91 Å². The van der Waals surface area contributed by atoms with Gasteiger partial charge >= 0.3 is 0 Å². The first-order chi connectivity index (χ1) is 11.6. The Morgan fingerprint density at radius 3 is 2.29 bits per heavy atom. The zero-order valence-corrected chi connectivity index (χ0v) is 15.4. The van der Waals surface area contributed by atoms with Crippen LogP contribution in [0, 0.1) is 0 Å². The molecule has 2 aromatic rings. The third-order valence-corrected chi connectivity index (χ3v) is 5.22. The van der Waals surface area contributed by atoms with Gasteiger partial charge in [-0.15, -0.1) is 0 Å². The number of halogens is 1. The maximum absolute atomic E-state index is 12.6. The molecule has 0 aliphatic carbocycles. The van der Waals surface area contributed by atoms with Crippen molar-refractivity contribution in [1.29, 1.82) is 0 Å². The highest BCUT2D eigenvalue weighted by Crippen LogP contribution is 2.24. The summed E-state index contributed by atoms with van der Waals surface area (Å²) in [4.78, 5) is 16.9. The molecule has 5 heteroatoms. The number of nitrogen functional groups attached to an aromatic ring is 1. The van der Waals surface area contributed by atoms with Crippen LogP contribution in [-0.2, 0) is 0 Å². The Bertz CT molecular complexity index is 709. The highest BCUT2D eigenvalue weighted by atomic mass is 79.9. The number of carbonyl (C=O) groups is 1. The van der Waals surface area contributed by atoms with Crippen molar-refractivity contribution in [2.75, 3.05) is 31.9 Å². The number of nitrogens with zero attached hydrogens (tertiary/aromatic N) is 2. The van der Waals surface area contributed by atoms with Gasteiger partial charge in [-0.1, -0.05) is 40.2 Å². The first kappa shape index (κ1) is 17.0. The molecule has 1 aliphatic heterocycles. The summed E-state index contributed by atoms with van der Waals surface area (Å²) in [6, 6.07) is 16.1. The predicted octanol–water partition coefficient (Wildman–Crippen LogP) is 3.55. The molecule has 1 heterocycles. The van der Waals surface area contributed by atoms with Gasteiger partial charge in [0.2, 0.25) is 0 Å². The van der Waals surface area contributed by atoms with Crippen LogP contribution in [0.15, 0.2) is 53.0 Å². The van der Waals surface area contributed by atoms with Crippen molar-refractivity contribution < 1.29 is 4.79 Å². The van der Waals surface area contributed by atoms with E-state index < -0.39 is 0 Å². The van der Waals surface area contributed by atoms with Crippen molar-refractivity contribution in [3.8, 4) is 0 Å². The topological polar surface area (TPSA) is 49.6 Å². The maximum atomic E-state index is 12.6. The molecule has 24 heavy (non-hydrogen) atoms. The Labute approximate surface area is 151 Å². The van der Waals surface area contributed by atoms with Gasteiger partial charge in [0.05, 0.1) is 5.56 Å². The van der Waals surface area contributed by atoms with Gasteiger partial charge in [0, 0.05) is 42.4 Å². The summed E-state index contributed by atoms with van der Waals surface area (Å²) < 4.78 is 1.09. The molecule has 0 aromatic heterocycles. The van der Waals surface area contributed by atoms with Crippen LogP contribution in [0.1, 0.15) is 28.9 Å². The number of nitrogens with two attached hydrogens (primary N) is 1. The van der Waals surface area contributed by atoms with Crippen molar-refractivity contribution in [3.63, 3.8) is 0 Å². The van der Waals surface area contributed by atoms with E-state index >= 15 is 0 Å². The zero-order chi connectivity index (χ0) is 17.1. The molecule has 2 aromatic carbocycles. The normalized spacial score (nSPS) is 16.8. The molecule has 0 saturated carbocycles. The largest absolute Gasteiger partial charge is 0.398 e. The second-order valence-electron chi connectivity index (χ2n) is 6.14. The van der Waals surface area contributed by atoms with Gasteiger partial charge in [-0.05, 0) is 36.8 Å². The van der Waals surface area contributed by atoms with Gasteiger partial charge in [-0.2, -0.15) is 0 Å². The summed E-state index contributed by atoms with van der Waals surface area (Å²) in [5, 5.41) is 0. The number of rotatable bonds is 3. The first-order valence-corrected chi connectivity index (χ1v) is 8.99. The minimum Gasteiger partial charge on any atom is -0.398 e. The van der Waals surface area contributed by atoms with E-state index in [1.807, 2.05) is 17.0 Å². The Hall–Kier alpha value is -1.85. The second kappa shape index (κ2) is 7.36. The van der Waals surface area contributed by atoms with Crippen molar-refractivity contribution in [2.24, 2.45) is 0 Å². The predicted molar refractivity (Wildman–Crippen MR) is 101 cm³/mol. The minimum atomic E-state index is 0.0315. The molecular weight excluding hydrogens is 366 g/mol. The number of anilines is 1. The lowest BCUT2D eigenvalue weighted by Gasteiger charge is -2.38. The highest BCUT2D eigenvalue weighted by molar-refractivity contribution is 9.10. The molecule has 126 valence electrons. The third kappa shape index (κ3) is 3.62. The van der Waals surface area contributed by atoms with Crippen molar-refractivity contribution >= 4 is 27.5 Å². The van der Waals surface area contributed by atoms with E-state index in [-0.39, 0.29) is 5.91 Å². The van der Waals surface area contributed by atoms with Gasteiger partial charge in [0.1, 0.15) is 0 Å². The fraction of sp³-hybridized carbons (Fsp3) is 0.316. The Morgan fingerprint density at radius 2 is 1.67 bits per heavy atom.